The highest BCUT2D eigenvalue weighted by molar-refractivity contribution is 5.41. The van der Waals surface area contributed by atoms with Gasteiger partial charge in [-0.15, -0.1) is 0 Å². The van der Waals surface area contributed by atoms with E-state index in [1.807, 2.05) is 24.3 Å². The molecule has 2 nitrogen and oxygen atoms in total. The monoisotopic (exact) mass is 193 g/mol. The predicted octanol–water partition coefficient (Wildman–Crippen LogP) is 3.23. The van der Waals surface area contributed by atoms with Crippen molar-refractivity contribution >= 4 is 5.69 Å². The van der Waals surface area contributed by atoms with Gasteiger partial charge in [0.05, 0.1) is 0 Å². The van der Waals surface area contributed by atoms with Crippen molar-refractivity contribution in [2.45, 2.75) is 39.2 Å². The van der Waals surface area contributed by atoms with E-state index < -0.39 is 0 Å². The van der Waals surface area contributed by atoms with E-state index in [0.717, 1.165) is 24.3 Å². The first-order valence-electron chi connectivity index (χ1n) is 5.08. The third kappa shape index (κ3) is 3.29. The van der Waals surface area contributed by atoms with Crippen molar-refractivity contribution in [3.05, 3.63) is 24.3 Å². The number of nitrogens with two attached hydrogens (primary N) is 1. The molecule has 0 bridgehead atoms. The molecule has 0 fully saturated rings. The van der Waals surface area contributed by atoms with Gasteiger partial charge in [0, 0.05) is 5.69 Å². The minimum absolute atomic E-state index is 0.0924. The fourth-order valence-electron chi connectivity index (χ4n) is 1.51. The van der Waals surface area contributed by atoms with Crippen molar-refractivity contribution in [1.29, 1.82) is 0 Å². The number of nitrogen functional groups attached to an aromatic ring is 1. The predicted molar refractivity (Wildman–Crippen MR) is 60.5 cm³/mol. The SMILES string of the molecule is CCCC(C)(C)Oc1ccc(N)cc1. The van der Waals surface area contributed by atoms with Crippen LogP contribution in [0.2, 0.25) is 0 Å². The van der Waals surface area contributed by atoms with Gasteiger partial charge >= 0.3 is 0 Å². The number of ether oxygens (including phenoxy) is 1. The maximum atomic E-state index is 5.84. The lowest BCUT2D eigenvalue weighted by Crippen LogP contribution is -2.27. The van der Waals surface area contributed by atoms with Crippen molar-refractivity contribution in [1.82, 2.24) is 0 Å². The van der Waals surface area contributed by atoms with Crippen molar-refractivity contribution in [3.8, 4) is 5.75 Å². The van der Waals surface area contributed by atoms with Gasteiger partial charge in [-0.1, -0.05) is 13.3 Å². The molecule has 0 amide bonds. The van der Waals surface area contributed by atoms with Crippen molar-refractivity contribution < 1.29 is 4.74 Å². The van der Waals surface area contributed by atoms with E-state index in [4.69, 9.17) is 10.5 Å². The van der Waals surface area contributed by atoms with Crippen LogP contribution in [0.3, 0.4) is 0 Å². The van der Waals surface area contributed by atoms with Crippen LogP contribution < -0.4 is 10.5 Å². The summed E-state index contributed by atoms with van der Waals surface area (Å²) in [5, 5.41) is 0. The summed E-state index contributed by atoms with van der Waals surface area (Å²) in [4.78, 5) is 0. The summed E-state index contributed by atoms with van der Waals surface area (Å²) in [7, 11) is 0. The van der Waals surface area contributed by atoms with Crippen LogP contribution in [-0.2, 0) is 0 Å². The zero-order chi connectivity index (χ0) is 10.6. The normalized spacial score (nSPS) is 11.4. The van der Waals surface area contributed by atoms with Crippen LogP contribution in [0.5, 0.6) is 5.75 Å². The van der Waals surface area contributed by atoms with Gasteiger partial charge in [-0.2, -0.15) is 0 Å². The second-order valence-electron chi connectivity index (χ2n) is 4.18. The van der Waals surface area contributed by atoms with Crippen LogP contribution in [0.1, 0.15) is 33.6 Å². The van der Waals surface area contributed by atoms with E-state index in [2.05, 4.69) is 20.8 Å². The van der Waals surface area contributed by atoms with Gasteiger partial charge in [-0.3, -0.25) is 0 Å². The second kappa shape index (κ2) is 4.36. The molecule has 0 saturated heterocycles. The van der Waals surface area contributed by atoms with Gasteiger partial charge in [0.25, 0.3) is 0 Å². The minimum Gasteiger partial charge on any atom is -0.488 e. The van der Waals surface area contributed by atoms with E-state index in [-0.39, 0.29) is 5.60 Å². The molecule has 0 unspecified atom stereocenters. The molecule has 0 aromatic heterocycles. The highest BCUT2D eigenvalue weighted by Gasteiger charge is 2.17. The Bertz CT molecular complexity index is 277. The summed E-state index contributed by atoms with van der Waals surface area (Å²) >= 11 is 0. The Labute approximate surface area is 86.1 Å². The van der Waals surface area contributed by atoms with E-state index in [9.17, 15) is 0 Å². The number of hydrogen-bond donors (Lipinski definition) is 1. The summed E-state index contributed by atoms with van der Waals surface area (Å²) in [6.07, 6.45) is 2.18. The molecule has 0 saturated carbocycles. The molecular weight excluding hydrogens is 174 g/mol. The molecule has 0 aliphatic heterocycles. The van der Waals surface area contributed by atoms with Crippen LogP contribution in [0.15, 0.2) is 24.3 Å². The fraction of sp³-hybridized carbons (Fsp3) is 0.500. The van der Waals surface area contributed by atoms with Gasteiger partial charge < -0.3 is 10.5 Å². The summed E-state index contributed by atoms with van der Waals surface area (Å²) in [5.41, 5.74) is 6.27. The average molecular weight is 193 g/mol. The van der Waals surface area contributed by atoms with E-state index in [0.29, 0.717) is 0 Å². The molecule has 0 aliphatic rings. The first-order chi connectivity index (χ1) is 6.53. The quantitative estimate of drug-likeness (QED) is 0.745. The lowest BCUT2D eigenvalue weighted by Gasteiger charge is -2.26. The fourth-order valence-corrected chi connectivity index (χ4v) is 1.51. The van der Waals surface area contributed by atoms with Crippen molar-refractivity contribution in [2.75, 3.05) is 5.73 Å². The number of hydrogen-bond acceptors (Lipinski definition) is 2. The van der Waals surface area contributed by atoms with E-state index in [1.54, 1.807) is 0 Å². The maximum Gasteiger partial charge on any atom is 0.120 e. The Morgan fingerprint density at radius 2 is 1.79 bits per heavy atom. The summed E-state index contributed by atoms with van der Waals surface area (Å²) in [5.74, 6) is 0.887. The number of benzene rings is 1. The average Bonchev–Trinajstić information content (AvgIpc) is 2.08. The Morgan fingerprint density at radius 3 is 2.29 bits per heavy atom. The minimum atomic E-state index is -0.0924. The van der Waals surface area contributed by atoms with Crippen molar-refractivity contribution in [2.24, 2.45) is 0 Å². The van der Waals surface area contributed by atoms with E-state index in [1.165, 1.54) is 0 Å². The van der Waals surface area contributed by atoms with Crippen LogP contribution in [-0.4, -0.2) is 5.60 Å². The van der Waals surface area contributed by atoms with Gasteiger partial charge in [0.2, 0.25) is 0 Å². The molecule has 1 aromatic rings. The third-order valence-corrected chi connectivity index (χ3v) is 2.13. The largest absolute Gasteiger partial charge is 0.488 e. The number of rotatable bonds is 4. The Balaban J connectivity index is 2.64. The smallest absolute Gasteiger partial charge is 0.120 e. The van der Waals surface area contributed by atoms with Gasteiger partial charge in [0.15, 0.2) is 0 Å². The Kier molecular flexibility index (Phi) is 3.39. The lowest BCUT2D eigenvalue weighted by molar-refractivity contribution is 0.0986. The molecule has 0 atom stereocenters. The zero-order valence-electron chi connectivity index (χ0n) is 9.21. The lowest BCUT2D eigenvalue weighted by atomic mass is 10.0. The van der Waals surface area contributed by atoms with Crippen molar-refractivity contribution in [3.63, 3.8) is 0 Å². The molecular formula is C12H19NO. The molecule has 0 spiro atoms. The van der Waals surface area contributed by atoms with E-state index >= 15 is 0 Å². The topological polar surface area (TPSA) is 35.2 Å². The second-order valence-corrected chi connectivity index (χ2v) is 4.18. The van der Waals surface area contributed by atoms with Crippen LogP contribution in [0, 0.1) is 0 Å². The zero-order valence-corrected chi connectivity index (χ0v) is 9.21. The Hall–Kier alpha value is -1.18. The highest BCUT2D eigenvalue weighted by atomic mass is 16.5. The molecule has 14 heavy (non-hydrogen) atoms. The summed E-state index contributed by atoms with van der Waals surface area (Å²) < 4.78 is 5.84. The molecule has 0 aliphatic carbocycles. The van der Waals surface area contributed by atoms with Gasteiger partial charge in [-0.25, -0.2) is 0 Å². The first-order valence-corrected chi connectivity index (χ1v) is 5.08. The van der Waals surface area contributed by atoms with Gasteiger partial charge in [-0.05, 0) is 44.5 Å². The standard InChI is InChI=1S/C12H19NO/c1-4-9-12(2,3)14-11-7-5-10(13)6-8-11/h5-8H,4,9,13H2,1-3H3. The third-order valence-electron chi connectivity index (χ3n) is 2.13. The van der Waals surface area contributed by atoms with Gasteiger partial charge in [0.1, 0.15) is 11.4 Å². The van der Waals surface area contributed by atoms with Crippen LogP contribution in [0.25, 0.3) is 0 Å². The van der Waals surface area contributed by atoms with Crippen LogP contribution in [0.4, 0.5) is 5.69 Å². The molecule has 78 valence electrons. The molecule has 0 radical (unpaired) electrons. The number of anilines is 1. The molecule has 2 heteroatoms. The molecule has 1 aromatic carbocycles. The highest BCUT2D eigenvalue weighted by Crippen LogP contribution is 2.22. The first kappa shape index (κ1) is 10.9. The summed E-state index contributed by atoms with van der Waals surface area (Å²) in [6, 6.07) is 7.54. The Morgan fingerprint density at radius 1 is 1.21 bits per heavy atom. The summed E-state index contributed by atoms with van der Waals surface area (Å²) in [6.45, 7) is 6.37. The maximum absolute atomic E-state index is 5.84. The molecule has 0 heterocycles. The molecule has 2 N–H and O–H groups in total. The van der Waals surface area contributed by atoms with Crippen LogP contribution >= 0.6 is 0 Å². The molecule has 1 rings (SSSR count).